The number of halogens is 1. The average molecular weight is 297 g/mol. The van der Waals surface area contributed by atoms with Gasteiger partial charge in [0.25, 0.3) is 0 Å². The lowest BCUT2D eigenvalue weighted by molar-refractivity contribution is 0.231. The van der Waals surface area contributed by atoms with Gasteiger partial charge < -0.3 is 20.7 Å². The Kier molecular flexibility index (Phi) is 7.29. The summed E-state index contributed by atoms with van der Waals surface area (Å²) in [6.45, 7) is 11.9. The monoisotopic (exact) mass is 297 g/mol. The lowest BCUT2D eigenvalue weighted by Crippen LogP contribution is -2.29. The predicted octanol–water partition coefficient (Wildman–Crippen LogP) is 3.34. The SMILES string of the molecule is CCCN(CC)CCNc1cc(OC(C)C)c(F)cc1N. The van der Waals surface area contributed by atoms with Crippen LogP contribution in [0.3, 0.4) is 0 Å². The molecular weight excluding hydrogens is 269 g/mol. The van der Waals surface area contributed by atoms with Crippen LogP contribution in [0, 0.1) is 5.82 Å². The molecule has 0 bridgehead atoms. The lowest BCUT2D eigenvalue weighted by Gasteiger charge is -2.20. The van der Waals surface area contributed by atoms with Crippen LogP contribution >= 0.6 is 0 Å². The highest BCUT2D eigenvalue weighted by Crippen LogP contribution is 2.28. The molecule has 0 aliphatic rings. The van der Waals surface area contributed by atoms with E-state index in [0.717, 1.165) is 38.3 Å². The molecule has 0 aliphatic heterocycles. The number of ether oxygens (including phenoxy) is 1. The highest BCUT2D eigenvalue weighted by Gasteiger charge is 2.10. The maximum atomic E-state index is 13.8. The van der Waals surface area contributed by atoms with Crippen molar-refractivity contribution in [2.75, 3.05) is 37.2 Å². The molecule has 1 aromatic carbocycles. The molecule has 0 radical (unpaired) electrons. The van der Waals surface area contributed by atoms with Crippen LogP contribution in [-0.4, -0.2) is 37.2 Å². The molecule has 4 nitrogen and oxygen atoms in total. The molecular formula is C16H28FN3O. The van der Waals surface area contributed by atoms with Crippen molar-refractivity contribution in [3.05, 3.63) is 17.9 Å². The second-order valence-corrected chi connectivity index (χ2v) is 5.40. The van der Waals surface area contributed by atoms with Gasteiger partial charge in [0.1, 0.15) is 0 Å². The third-order valence-electron chi connectivity index (χ3n) is 3.20. The zero-order chi connectivity index (χ0) is 15.8. The van der Waals surface area contributed by atoms with Gasteiger partial charge in [-0.15, -0.1) is 0 Å². The maximum Gasteiger partial charge on any atom is 0.167 e. The van der Waals surface area contributed by atoms with Gasteiger partial charge in [0, 0.05) is 25.2 Å². The minimum absolute atomic E-state index is 0.0730. The highest BCUT2D eigenvalue weighted by atomic mass is 19.1. The zero-order valence-electron chi connectivity index (χ0n) is 13.6. The fraction of sp³-hybridized carbons (Fsp3) is 0.625. The smallest absolute Gasteiger partial charge is 0.167 e. The molecule has 21 heavy (non-hydrogen) atoms. The van der Waals surface area contributed by atoms with Crippen LogP contribution in [0.5, 0.6) is 5.75 Å². The number of rotatable bonds is 9. The number of nitrogen functional groups attached to an aromatic ring is 1. The van der Waals surface area contributed by atoms with Gasteiger partial charge in [0.15, 0.2) is 11.6 Å². The van der Waals surface area contributed by atoms with Crippen molar-refractivity contribution in [1.82, 2.24) is 4.90 Å². The van der Waals surface area contributed by atoms with Gasteiger partial charge >= 0.3 is 0 Å². The number of nitrogens with zero attached hydrogens (tertiary/aromatic N) is 1. The predicted molar refractivity (Wildman–Crippen MR) is 87.5 cm³/mol. The number of anilines is 2. The van der Waals surface area contributed by atoms with Crippen molar-refractivity contribution in [1.29, 1.82) is 0 Å². The van der Waals surface area contributed by atoms with E-state index >= 15 is 0 Å². The van der Waals surface area contributed by atoms with Gasteiger partial charge in [-0.05, 0) is 33.4 Å². The minimum atomic E-state index is -0.423. The highest BCUT2D eigenvalue weighted by molar-refractivity contribution is 5.68. The largest absolute Gasteiger partial charge is 0.488 e. The Morgan fingerprint density at radius 3 is 2.57 bits per heavy atom. The molecule has 0 saturated heterocycles. The van der Waals surface area contributed by atoms with Crippen LogP contribution in [0.2, 0.25) is 0 Å². The zero-order valence-corrected chi connectivity index (χ0v) is 13.6. The van der Waals surface area contributed by atoms with Crippen molar-refractivity contribution >= 4 is 11.4 Å². The van der Waals surface area contributed by atoms with Gasteiger partial charge in [0.2, 0.25) is 0 Å². The van der Waals surface area contributed by atoms with E-state index in [2.05, 4.69) is 24.1 Å². The molecule has 1 rings (SSSR count). The first-order chi connectivity index (χ1) is 9.97. The van der Waals surface area contributed by atoms with Crippen molar-refractivity contribution in [3.63, 3.8) is 0 Å². The summed E-state index contributed by atoms with van der Waals surface area (Å²) in [6, 6.07) is 2.95. The molecule has 5 heteroatoms. The minimum Gasteiger partial charge on any atom is -0.488 e. The Hall–Kier alpha value is -1.49. The van der Waals surface area contributed by atoms with E-state index in [1.165, 1.54) is 6.07 Å². The molecule has 3 N–H and O–H groups in total. The molecule has 0 aromatic heterocycles. The third kappa shape index (κ3) is 5.79. The summed E-state index contributed by atoms with van der Waals surface area (Å²) in [4.78, 5) is 2.36. The average Bonchev–Trinajstić information content (AvgIpc) is 2.42. The standard InChI is InChI=1S/C16H28FN3O/c1-5-8-20(6-2)9-7-19-15-11-16(21-12(3)4)13(17)10-14(15)18/h10-12,19H,5-9,18H2,1-4H3. The second-order valence-electron chi connectivity index (χ2n) is 5.40. The van der Waals surface area contributed by atoms with Crippen LogP contribution in [0.25, 0.3) is 0 Å². The molecule has 1 aromatic rings. The maximum absolute atomic E-state index is 13.8. The normalized spacial score (nSPS) is 11.2. The summed E-state index contributed by atoms with van der Waals surface area (Å²) < 4.78 is 19.2. The van der Waals surface area contributed by atoms with Gasteiger partial charge in [-0.3, -0.25) is 0 Å². The number of nitrogens with one attached hydrogen (secondary N) is 1. The number of nitrogens with two attached hydrogens (primary N) is 1. The van der Waals surface area contributed by atoms with Crippen LogP contribution < -0.4 is 15.8 Å². The molecule has 0 unspecified atom stereocenters. The molecule has 0 spiro atoms. The third-order valence-corrected chi connectivity index (χ3v) is 3.20. The first kappa shape index (κ1) is 17.6. The Morgan fingerprint density at radius 2 is 2.00 bits per heavy atom. The van der Waals surface area contributed by atoms with Gasteiger partial charge in [-0.2, -0.15) is 0 Å². The van der Waals surface area contributed by atoms with E-state index in [1.54, 1.807) is 6.07 Å². The molecule has 0 fully saturated rings. The van der Waals surface area contributed by atoms with E-state index < -0.39 is 5.82 Å². The second kappa shape index (κ2) is 8.72. The Labute approximate surface area is 127 Å². The molecule has 0 atom stereocenters. The summed E-state index contributed by atoms with van der Waals surface area (Å²) in [6.07, 6.45) is 1.06. The van der Waals surface area contributed by atoms with E-state index in [9.17, 15) is 4.39 Å². The number of benzene rings is 1. The Balaban J connectivity index is 2.65. The van der Waals surface area contributed by atoms with E-state index in [1.807, 2.05) is 13.8 Å². The van der Waals surface area contributed by atoms with Gasteiger partial charge in [-0.25, -0.2) is 4.39 Å². The van der Waals surface area contributed by atoms with E-state index in [4.69, 9.17) is 10.5 Å². The lowest BCUT2D eigenvalue weighted by atomic mass is 10.2. The first-order valence-electron chi connectivity index (χ1n) is 7.69. The molecule has 0 heterocycles. The molecule has 0 saturated carbocycles. The van der Waals surface area contributed by atoms with Crippen LogP contribution in [0.15, 0.2) is 12.1 Å². The number of hydrogen-bond acceptors (Lipinski definition) is 4. The Morgan fingerprint density at radius 1 is 1.29 bits per heavy atom. The van der Waals surface area contributed by atoms with Crippen LogP contribution in [0.1, 0.15) is 34.1 Å². The first-order valence-corrected chi connectivity index (χ1v) is 7.69. The summed E-state index contributed by atoms with van der Waals surface area (Å²) >= 11 is 0. The van der Waals surface area contributed by atoms with Gasteiger partial charge in [-0.1, -0.05) is 13.8 Å². The van der Waals surface area contributed by atoms with Crippen molar-refractivity contribution < 1.29 is 9.13 Å². The molecule has 0 aliphatic carbocycles. The fourth-order valence-corrected chi connectivity index (χ4v) is 2.16. The summed E-state index contributed by atoms with van der Waals surface area (Å²) in [5, 5.41) is 3.26. The van der Waals surface area contributed by atoms with E-state index in [-0.39, 0.29) is 11.9 Å². The van der Waals surface area contributed by atoms with Crippen molar-refractivity contribution in [2.45, 2.75) is 40.2 Å². The van der Waals surface area contributed by atoms with Crippen molar-refractivity contribution in [2.24, 2.45) is 0 Å². The van der Waals surface area contributed by atoms with Crippen LogP contribution in [-0.2, 0) is 0 Å². The molecule has 0 amide bonds. The summed E-state index contributed by atoms with van der Waals surface area (Å²) in [5.74, 6) is -0.185. The topological polar surface area (TPSA) is 50.5 Å². The number of hydrogen-bond donors (Lipinski definition) is 2. The summed E-state index contributed by atoms with van der Waals surface area (Å²) in [5.41, 5.74) is 6.98. The van der Waals surface area contributed by atoms with E-state index in [0.29, 0.717) is 5.69 Å². The van der Waals surface area contributed by atoms with Crippen LogP contribution in [0.4, 0.5) is 15.8 Å². The quantitative estimate of drug-likeness (QED) is 0.686. The summed E-state index contributed by atoms with van der Waals surface area (Å²) in [7, 11) is 0. The van der Waals surface area contributed by atoms with Gasteiger partial charge in [0.05, 0.1) is 17.5 Å². The molecule has 120 valence electrons. The fourth-order valence-electron chi connectivity index (χ4n) is 2.16. The Bertz CT molecular complexity index is 438. The number of likely N-dealkylation sites (N-methyl/N-ethyl adjacent to an activating group) is 1. The van der Waals surface area contributed by atoms with Crippen molar-refractivity contribution in [3.8, 4) is 5.75 Å².